The molecule has 1 aliphatic rings. The molecule has 0 amide bonds. The van der Waals surface area contributed by atoms with Crippen LogP contribution in [0.1, 0.15) is 19.8 Å². The second-order valence-corrected chi connectivity index (χ2v) is 4.90. The molecule has 0 saturated heterocycles. The van der Waals surface area contributed by atoms with E-state index in [1.807, 2.05) is 0 Å². The van der Waals surface area contributed by atoms with Crippen LogP contribution in [0.4, 0.5) is 4.39 Å². The molecule has 2 nitrogen and oxygen atoms in total. The summed E-state index contributed by atoms with van der Waals surface area (Å²) in [7, 11) is 0. The Hall–Kier alpha value is -0.610. The lowest BCUT2D eigenvalue weighted by Gasteiger charge is -2.35. The van der Waals surface area contributed by atoms with Crippen LogP contribution in [-0.4, -0.2) is 18.7 Å². The van der Waals surface area contributed by atoms with Gasteiger partial charge >= 0.3 is 0 Å². The minimum atomic E-state index is -0.258. The quantitative estimate of drug-likeness (QED) is 0.919. The fraction of sp³-hybridized carbons (Fsp3) is 0.500. The maximum absolute atomic E-state index is 13.0. The summed E-state index contributed by atoms with van der Waals surface area (Å²) in [5.74, 6) is 0.472. The molecule has 1 aromatic carbocycles. The van der Waals surface area contributed by atoms with Crippen LogP contribution in [0.3, 0.4) is 0 Å². The smallest absolute Gasteiger partial charge is 0.137 e. The number of halogens is 2. The van der Waals surface area contributed by atoms with Crippen molar-refractivity contribution in [3.05, 3.63) is 28.5 Å². The van der Waals surface area contributed by atoms with Crippen molar-refractivity contribution in [3.63, 3.8) is 0 Å². The van der Waals surface area contributed by atoms with E-state index in [-0.39, 0.29) is 11.9 Å². The minimum absolute atomic E-state index is 0.258. The van der Waals surface area contributed by atoms with Gasteiger partial charge in [0.2, 0.25) is 0 Å². The van der Waals surface area contributed by atoms with Gasteiger partial charge in [0.15, 0.2) is 0 Å². The van der Waals surface area contributed by atoms with Gasteiger partial charge < -0.3 is 10.1 Å². The first-order chi connectivity index (χ1) is 7.69. The number of hydrogen-bond donors (Lipinski definition) is 1. The lowest BCUT2D eigenvalue weighted by Crippen LogP contribution is -2.46. The molecule has 88 valence electrons. The lowest BCUT2D eigenvalue weighted by molar-refractivity contribution is 0.0858. The predicted octanol–water partition coefficient (Wildman–Crippen LogP) is 3.11. The summed E-state index contributed by atoms with van der Waals surface area (Å²) in [5.41, 5.74) is 0. The highest BCUT2D eigenvalue weighted by Crippen LogP contribution is 2.28. The summed E-state index contributed by atoms with van der Waals surface area (Å²) in [5, 5.41) is 3.37. The van der Waals surface area contributed by atoms with Crippen LogP contribution >= 0.6 is 15.9 Å². The monoisotopic (exact) mass is 287 g/mol. The molecular weight excluding hydrogens is 273 g/mol. The van der Waals surface area contributed by atoms with Gasteiger partial charge in [0.1, 0.15) is 17.7 Å². The van der Waals surface area contributed by atoms with Crippen molar-refractivity contribution in [2.24, 2.45) is 0 Å². The fourth-order valence-electron chi connectivity index (χ4n) is 1.86. The SMILES string of the molecule is CCNC1CC(Oc2ccc(F)c(Br)c2)C1. The highest BCUT2D eigenvalue weighted by atomic mass is 79.9. The maximum atomic E-state index is 13.0. The fourth-order valence-corrected chi connectivity index (χ4v) is 2.22. The zero-order valence-corrected chi connectivity index (χ0v) is 10.8. The molecule has 0 bridgehead atoms. The summed E-state index contributed by atoms with van der Waals surface area (Å²) in [6.45, 7) is 3.10. The summed E-state index contributed by atoms with van der Waals surface area (Å²) in [4.78, 5) is 0. The van der Waals surface area contributed by atoms with Crippen LogP contribution in [0.5, 0.6) is 5.75 Å². The molecule has 0 spiro atoms. The van der Waals surface area contributed by atoms with E-state index in [4.69, 9.17) is 4.74 Å². The highest BCUT2D eigenvalue weighted by molar-refractivity contribution is 9.10. The van der Waals surface area contributed by atoms with E-state index in [0.29, 0.717) is 10.5 Å². The second kappa shape index (κ2) is 5.15. The average molecular weight is 288 g/mol. The van der Waals surface area contributed by atoms with Gasteiger partial charge in [0, 0.05) is 6.04 Å². The standard InChI is InChI=1S/C12H15BrFNO/c1-2-15-8-5-10(6-8)16-9-3-4-12(14)11(13)7-9/h3-4,7-8,10,15H,2,5-6H2,1H3. The first-order valence-electron chi connectivity index (χ1n) is 5.54. The zero-order chi connectivity index (χ0) is 11.5. The van der Waals surface area contributed by atoms with Gasteiger partial charge in [-0.2, -0.15) is 0 Å². The summed E-state index contributed by atoms with van der Waals surface area (Å²) < 4.78 is 19.2. The van der Waals surface area contributed by atoms with Crippen LogP contribution in [0, 0.1) is 5.82 Å². The molecule has 1 aromatic rings. The molecule has 0 aliphatic heterocycles. The van der Waals surface area contributed by atoms with Crippen LogP contribution in [0.2, 0.25) is 0 Å². The van der Waals surface area contributed by atoms with Gasteiger partial charge in [-0.1, -0.05) is 6.92 Å². The van der Waals surface area contributed by atoms with E-state index in [1.165, 1.54) is 6.07 Å². The molecule has 0 heterocycles. The average Bonchev–Trinajstić information content (AvgIpc) is 2.20. The molecule has 1 N–H and O–H groups in total. The number of ether oxygens (including phenoxy) is 1. The van der Waals surface area contributed by atoms with Gasteiger partial charge in [-0.3, -0.25) is 0 Å². The Labute approximate surface area is 103 Å². The Morgan fingerprint density at radius 3 is 2.88 bits per heavy atom. The summed E-state index contributed by atoms with van der Waals surface area (Å²) in [6, 6.07) is 5.34. The number of benzene rings is 1. The Kier molecular flexibility index (Phi) is 3.82. The number of rotatable bonds is 4. The molecule has 0 unspecified atom stereocenters. The first-order valence-corrected chi connectivity index (χ1v) is 6.33. The van der Waals surface area contributed by atoms with Crippen LogP contribution in [-0.2, 0) is 0 Å². The molecule has 0 aromatic heterocycles. The second-order valence-electron chi connectivity index (χ2n) is 4.04. The molecule has 1 saturated carbocycles. The van der Waals surface area contributed by atoms with Crippen molar-refractivity contribution < 1.29 is 9.13 Å². The Bertz CT molecular complexity index is 366. The Balaban J connectivity index is 1.84. The van der Waals surface area contributed by atoms with E-state index in [9.17, 15) is 4.39 Å². The van der Waals surface area contributed by atoms with Crippen molar-refractivity contribution in [1.29, 1.82) is 0 Å². The van der Waals surface area contributed by atoms with Crippen LogP contribution in [0.15, 0.2) is 22.7 Å². The van der Waals surface area contributed by atoms with Crippen molar-refractivity contribution in [3.8, 4) is 5.75 Å². The van der Waals surface area contributed by atoms with Crippen molar-refractivity contribution in [2.75, 3.05) is 6.54 Å². The van der Waals surface area contributed by atoms with E-state index in [2.05, 4.69) is 28.2 Å². The van der Waals surface area contributed by atoms with Crippen molar-refractivity contribution >= 4 is 15.9 Å². The van der Waals surface area contributed by atoms with Crippen LogP contribution < -0.4 is 10.1 Å². The molecule has 1 aliphatic carbocycles. The third-order valence-electron chi connectivity index (χ3n) is 2.78. The van der Waals surface area contributed by atoms with Crippen LogP contribution in [0.25, 0.3) is 0 Å². The van der Waals surface area contributed by atoms with Gasteiger partial charge in [0.25, 0.3) is 0 Å². The summed E-state index contributed by atoms with van der Waals surface area (Å²) in [6.07, 6.45) is 2.33. The molecule has 1 fully saturated rings. The van der Waals surface area contributed by atoms with Gasteiger partial charge in [-0.15, -0.1) is 0 Å². The van der Waals surface area contributed by atoms with Crippen molar-refractivity contribution in [1.82, 2.24) is 5.32 Å². The molecule has 4 heteroatoms. The maximum Gasteiger partial charge on any atom is 0.137 e. The molecule has 2 rings (SSSR count). The van der Waals surface area contributed by atoms with E-state index in [1.54, 1.807) is 12.1 Å². The summed E-state index contributed by atoms with van der Waals surface area (Å²) >= 11 is 3.15. The Morgan fingerprint density at radius 2 is 2.25 bits per heavy atom. The Morgan fingerprint density at radius 1 is 1.50 bits per heavy atom. The number of nitrogens with one attached hydrogen (secondary N) is 1. The highest BCUT2D eigenvalue weighted by Gasteiger charge is 2.29. The lowest BCUT2D eigenvalue weighted by atomic mass is 9.89. The third kappa shape index (κ3) is 2.74. The normalized spacial score (nSPS) is 23.9. The zero-order valence-electron chi connectivity index (χ0n) is 9.17. The first kappa shape index (κ1) is 11.9. The van der Waals surface area contributed by atoms with Gasteiger partial charge in [0.05, 0.1) is 4.47 Å². The predicted molar refractivity (Wildman–Crippen MR) is 65.2 cm³/mol. The van der Waals surface area contributed by atoms with E-state index in [0.717, 1.165) is 25.1 Å². The molecule has 0 radical (unpaired) electrons. The minimum Gasteiger partial charge on any atom is -0.490 e. The molecule has 0 atom stereocenters. The van der Waals surface area contributed by atoms with E-state index >= 15 is 0 Å². The van der Waals surface area contributed by atoms with Crippen molar-refractivity contribution in [2.45, 2.75) is 31.9 Å². The molecule has 16 heavy (non-hydrogen) atoms. The van der Waals surface area contributed by atoms with E-state index < -0.39 is 0 Å². The third-order valence-corrected chi connectivity index (χ3v) is 3.39. The molecular formula is C12H15BrFNO. The topological polar surface area (TPSA) is 21.3 Å². The van der Waals surface area contributed by atoms with Gasteiger partial charge in [-0.25, -0.2) is 4.39 Å². The van der Waals surface area contributed by atoms with Gasteiger partial charge in [-0.05, 0) is 53.5 Å². The largest absolute Gasteiger partial charge is 0.490 e. The number of hydrogen-bond acceptors (Lipinski definition) is 2.